The summed E-state index contributed by atoms with van der Waals surface area (Å²) in [6.07, 6.45) is -0.432. The second-order valence-corrected chi connectivity index (χ2v) is 5.36. The van der Waals surface area contributed by atoms with Crippen molar-refractivity contribution in [1.29, 1.82) is 0 Å². The van der Waals surface area contributed by atoms with Crippen LogP contribution < -0.4 is 0 Å². The molecule has 1 heterocycles. The average Bonchev–Trinajstić information content (AvgIpc) is 2.56. The number of para-hydroxylation sites is 1. The summed E-state index contributed by atoms with van der Waals surface area (Å²) >= 11 is 5.96. The first-order valence-corrected chi connectivity index (χ1v) is 7.32. The molecule has 0 N–H and O–H groups in total. The molecule has 0 saturated carbocycles. The summed E-state index contributed by atoms with van der Waals surface area (Å²) in [6, 6.07) is 17.6. The van der Waals surface area contributed by atoms with Gasteiger partial charge < -0.3 is 9.47 Å². The summed E-state index contributed by atoms with van der Waals surface area (Å²) in [6.45, 7) is 0. The van der Waals surface area contributed by atoms with Gasteiger partial charge in [-0.15, -0.1) is 0 Å². The van der Waals surface area contributed by atoms with Crippen LogP contribution in [0.1, 0.15) is 11.9 Å². The lowest BCUT2D eigenvalue weighted by Gasteiger charge is -2.17. The van der Waals surface area contributed by atoms with E-state index in [9.17, 15) is 0 Å². The van der Waals surface area contributed by atoms with E-state index in [2.05, 4.69) is 0 Å². The van der Waals surface area contributed by atoms with E-state index in [0.29, 0.717) is 5.02 Å². The van der Waals surface area contributed by atoms with Crippen LogP contribution in [0.3, 0.4) is 0 Å². The van der Waals surface area contributed by atoms with Gasteiger partial charge in [-0.2, -0.15) is 0 Å². The molecule has 22 heavy (non-hydrogen) atoms. The van der Waals surface area contributed by atoms with Crippen molar-refractivity contribution in [3.05, 3.63) is 65.2 Å². The number of methoxy groups -OCH3 is 2. The van der Waals surface area contributed by atoms with Crippen molar-refractivity contribution in [2.24, 2.45) is 0 Å². The van der Waals surface area contributed by atoms with Crippen molar-refractivity contribution in [1.82, 2.24) is 4.98 Å². The lowest BCUT2D eigenvalue weighted by atomic mass is 10.0. The van der Waals surface area contributed by atoms with Crippen molar-refractivity contribution in [3.63, 3.8) is 0 Å². The second kappa shape index (κ2) is 6.44. The van der Waals surface area contributed by atoms with Gasteiger partial charge in [0.25, 0.3) is 0 Å². The molecule has 0 bridgehead atoms. The van der Waals surface area contributed by atoms with Crippen molar-refractivity contribution in [2.45, 2.75) is 6.29 Å². The first kappa shape index (κ1) is 15.0. The molecule has 112 valence electrons. The average molecular weight is 314 g/mol. The lowest BCUT2D eigenvalue weighted by molar-refractivity contribution is -0.105. The Kier molecular flexibility index (Phi) is 4.39. The molecule has 0 aliphatic heterocycles. The van der Waals surface area contributed by atoms with Gasteiger partial charge in [0.1, 0.15) is 0 Å². The number of hydrogen-bond acceptors (Lipinski definition) is 3. The predicted molar refractivity (Wildman–Crippen MR) is 88.9 cm³/mol. The summed E-state index contributed by atoms with van der Waals surface area (Å²) in [5.74, 6) is 0. The zero-order valence-corrected chi connectivity index (χ0v) is 13.2. The van der Waals surface area contributed by atoms with Crippen LogP contribution in [0.2, 0.25) is 5.02 Å². The third kappa shape index (κ3) is 2.83. The summed E-state index contributed by atoms with van der Waals surface area (Å²) in [5.41, 5.74) is 3.73. The van der Waals surface area contributed by atoms with Crippen molar-refractivity contribution in [3.8, 4) is 11.3 Å². The molecule has 0 spiro atoms. The lowest BCUT2D eigenvalue weighted by Crippen LogP contribution is -2.05. The Labute approximate surface area is 134 Å². The van der Waals surface area contributed by atoms with Crippen LogP contribution >= 0.6 is 11.6 Å². The molecule has 0 fully saturated rings. The Bertz CT molecular complexity index is 783. The maximum Gasteiger partial charge on any atom is 0.183 e. The van der Waals surface area contributed by atoms with E-state index in [1.807, 2.05) is 54.6 Å². The van der Waals surface area contributed by atoms with Crippen LogP contribution in [0.5, 0.6) is 0 Å². The molecule has 0 atom stereocenters. The van der Waals surface area contributed by atoms with Crippen LogP contribution in [-0.2, 0) is 9.47 Å². The van der Waals surface area contributed by atoms with E-state index in [1.165, 1.54) is 0 Å². The van der Waals surface area contributed by atoms with E-state index in [0.717, 1.165) is 27.7 Å². The molecule has 0 aliphatic rings. The number of nitrogens with zero attached hydrogens (tertiary/aromatic N) is 1. The number of aromatic nitrogens is 1. The van der Waals surface area contributed by atoms with Crippen LogP contribution in [0.25, 0.3) is 22.2 Å². The van der Waals surface area contributed by atoms with E-state index in [-0.39, 0.29) is 0 Å². The Morgan fingerprint density at radius 2 is 1.64 bits per heavy atom. The Balaban J connectivity index is 2.22. The molecular weight excluding hydrogens is 298 g/mol. The van der Waals surface area contributed by atoms with E-state index in [4.69, 9.17) is 26.1 Å². The fraction of sp³-hybridized carbons (Fsp3) is 0.167. The monoisotopic (exact) mass is 313 g/mol. The minimum Gasteiger partial charge on any atom is -0.352 e. The van der Waals surface area contributed by atoms with Gasteiger partial charge in [-0.3, -0.25) is 0 Å². The van der Waals surface area contributed by atoms with E-state index < -0.39 is 6.29 Å². The molecule has 0 amide bonds. The second-order valence-electron chi connectivity index (χ2n) is 4.92. The molecule has 3 aromatic rings. The third-order valence-corrected chi connectivity index (χ3v) is 3.82. The zero-order valence-electron chi connectivity index (χ0n) is 12.4. The molecule has 0 radical (unpaired) electrons. The summed E-state index contributed by atoms with van der Waals surface area (Å²) < 4.78 is 10.9. The largest absolute Gasteiger partial charge is 0.352 e. The number of hydrogen-bond donors (Lipinski definition) is 0. The van der Waals surface area contributed by atoms with Gasteiger partial charge in [-0.25, -0.2) is 4.98 Å². The minimum absolute atomic E-state index is 0.432. The normalized spacial score (nSPS) is 11.3. The molecule has 3 nitrogen and oxygen atoms in total. The van der Waals surface area contributed by atoms with E-state index in [1.54, 1.807) is 14.2 Å². The molecule has 3 rings (SSSR count). The fourth-order valence-corrected chi connectivity index (χ4v) is 2.64. The highest BCUT2D eigenvalue weighted by atomic mass is 35.5. The number of fused-ring (bicyclic) bond motifs is 1. The molecular formula is C18H16ClNO2. The highest BCUT2D eigenvalue weighted by Crippen LogP contribution is 2.30. The molecule has 0 aliphatic carbocycles. The Hall–Kier alpha value is -1.94. The van der Waals surface area contributed by atoms with Crippen molar-refractivity contribution in [2.75, 3.05) is 14.2 Å². The number of rotatable bonds is 4. The summed E-state index contributed by atoms with van der Waals surface area (Å²) in [4.78, 5) is 4.73. The Morgan fingerprint density at radius 1 is 0.955 bits per heavy atom. The van der Waals surface area contributed by atoms with Gasteiger partial charge in [0, 0.05) is 35.8 Å². The van der Waals surface area contributed by atoms with Gasteiger partial charge in [0.2, 0.25) is 0 Å². The van der Waals surface area contributed by atoms with Crippen LogP contribution in [0.4, 0.5) is 0 Å². The maximum absolute atomic E-state index is 5.96. The molecule has 4 heteroatoms. The van der Waals surface area contributed by atoms with Crippen LogP contribution in [0, 0.1) is 0 Å². The first-order chi connectivity index (χ1) is 10.7. The number of halogens is 1. The minimum atomic E-state index is -0.432. The van der Waals surface area contributed by atoms with Gasteiger partial charge >= 0.3 is 0 Å². The Morgan fingerprint density at radius 3 is 2.32 bits per heavy atom. The van der Waals surface area contributed by atoms with Crippen LogP contribution in [0.15, 0.2) is 54.6 Å². The highest BCUT2D eigenvalue weighted by molar-refractivity contribution is 6.30. The SMILES string of the molecule is COC(OC)c1cc(-c2ccc(Cl)cc2)nc2ccccc12. The van der Waals surface area contributed by atoms with Crippen molar-refractivity contribution >= 4 is 22.5 Å². The number of ether oxygens (including phenoxy) is 2. The zero-order chi connectivity index (χ0) is 15.5. The predicted octanol–water partition coefficient (Wildman–Crippen LogP) is 4.85. The molecule has 0 unspecified atom stereocenters. The summed E-state index contributed by atoms with van der Waals surface area (Å²) in [7, 11) is 3.26. The summed E-state index contributed by atoms with van der Waals surface area (Å²) in [5, 5.41) is 1.73. The quantitative estimate of drug-likeness (QED) is 0.645. The number of benzene rings is 2. The smallest absolute Gasteiger partial charge is 0.183 e. The van der Waals surface area contributed by atoms with Crippen molar-refractivity contribution < 1.29 is 9.47 Å². The molecule has 0 saturated heterocycles. The maximum atomic E-state index is 5.96. The number of pyridine rings is 1. The molecule has 2 aromatic carbocycles. The van der Waals surface area contributed by atoms with E-state index >= 15 is 0 Å². The van der Waals surface area contributed by atoms with Gasteiger partial charge in [-0.05, 0) is 24.3 Å². The third-order valence-electron chi connectivity index (χ3n) is 3.57. The van der Waals surface area contributed by atoms with Crippen LogP contribution in [-0.4, -0.2) is 19.2 Å². The topological polar surface area (TPSA) is 31.4 Å². The van der Waals surface area contributed by atoms with Gasteiger partial charge in [0.15, 0.2) is 6.29 Å². The molecule has 1 aromatic heterocycles. The van der Waals surface area contributed by atoms with Gasteiger partial charge in [-0.1, -0.05) is 41.9 Å². The highest BCUT2D eigenvalue weighted by Gasteiger charge is 2.15. The fourth-order valence-electron chi connectivity index (χ4n) is 2.52. The first-order valence-electron chi connectivity index (χ1n) is 6.94. The van der Waals surface area contributed by atoms with Gasteiger partial charge in [0.05, 0.1) is 11.2 Å². The standard InChI is InChI=1S/C18H16ClNO2/c1-21-18(22-2)15-11-17(12-7-9-13(19)10-8-12)20-16-6-4-3-5-14(15)16/h3-11,18H,1-2H3.